The molecule has 0 bridgehead atoms. The minimum atomic E-state index is -0.487. The molecule has 4 heterocycles. The first kappa shape index (κ1) is 22.4. The van der Waals surface area contributed by atoms with Gasteiger partial charge in [0.05, 0.1) is 19.5 Å². The Balaban J connectivity index is 1.51. The molecule has 8 nitrogen and oxygen atoms in total. The van der Waals surface area contributed by atoms with Crippen molar-refractivity contribution in [3.05, 3.63) is 57.9 Å². The Kier molecular flexibility index (Phi) is 7.44. The van der Waals surface area contributed by atoms with Gasteiger partial charge in [0.25, 0.3) is 5.56 Å². The SMILES string of the molecule is COC(=O)c1c(OCC2CCCCO2)cc(=O)n2c1CCN(CC=Cc1ccco1)CC2. The number of rotatable bonds is 7. The van der Waals surface area contributed by atoms with Gasteiger partial charge in [0.1, 0.15) is 23.7 Å². The van der Waals surface area contributed by atoms with Gasteiger partial charge in [-0.3, -0.25) is 9.69 Å². The maximum Gasteiger partial charge on any atom is 0.343 e. The molecule has 1 atom stereocenters. The summed E-state index contributed by atoms with van der Waals surface area (Å²) >= 11 is 0. The molecule has 4 rings (SSSR count). The fourth-order valence-electron chi connectivity index (χ4n) is 4.24. The third-order valence-corrected chi connectivity index (χ3v) is 5.96. The Labute approximate surface area is 187 Å². The van der Waals surface area contributed by atoms with Crippen LogP contribution in [0.5, 0.6) is 5.75 Å². The van der Waals surface area contributed by atoms with Gasteiger partial charge in [0.2, 0.25) is 0 Å². The lowest BCUT2D eigenvalue weighted by Gasteiger charge is -2.24. The maximum atomic E-state index is 12.9. The van der Waals surface area contributed by atoms with Crippen molar-refractivity contribution >= 4 is 12.0 Å². The van der Waals surface area contributed by atoms with Crippen LogP contribution < -0.4 is 10.3 Å². The highest BCUT2D eigenvalue weighted by Crippen LogP contribution is 2.25. The molecule has 1 saturated heterocycles. The number of esters is 1. The lowest BCUT2D eigenvalue weighted by atomic mass is 10.1. The fourth-order valence-corrected chi connectivity index (χ4v) is 4.24. The zero-order valence-electron chi connectivity index (χ0n) is 18.5. The van der Waals surface area contributed by atoms with Crippen LogP contribution in [0.4, 0.5) is 0 Å². The maximum absolute atomic E-state index is 12.9. The second-order valence-electron chi connectivity index (χ2n) is 8.08. The van der Waals surface area contributed by atoms with E-state index in [1.807, 2.05) is 24.3 Å². The van der Waals surface area contributed by atoms with Crippen molar-refractivity contribution in [2.45, 2.75) is 38.3 Å². The van der Waals surface area contributed by atoms with E-state index in [2.05, 4.69) is 4.90 Å². The van der Waals surface area contributed by atoms with E-state index < -0.39 is 5.97 Å². The number of fused-ring (bicyclic) bond motifs is 1. The molecule has 1 fully saturated rings. The largest absolute Gasteiger partial charge is 0.490 e. The zero-order chi connectivity index (χ0) is 22.3. The van der Waals surface area contributed by atoms with Crippen LogP contribution >= 0.6 is 0 Å². The van der Waals surface area contributed by atoms with Crippen molar-refractivity contribution in [2.24, 2.45) is 0 Å². The van der Waals surface area contributed by atoms with Crippen LogP contribution in [0.25, 0.3) is 6.08 Å². The number of ether oxygens (including phenoxy) is 3. The van der Waals surface area contributed by atoms with Crippen molar-refractivity contribution < 1.29 is 23.4 Å². The zero-order valence-corrected chi connectivity index (χ0v) is 18.5. The van der Waals surface area contributed by atoms with Crippen LogP contribution in [0.15, 0.2) is 39.7 Å². The highest BCUT2D eigenvalue weighted by Gasteiger charge is 2.26. The third kappa shape index (κ3) is 5.31. The van der Waals surface area contributed by atoms with Gasteiger partial charge in [-0.2, -0.15) is 0 Å². The molecule has 2 aromatic rings. The number of nitrogens with zero attached hydrogens (tertiary/aromatic N) is 2. The number of carbonyl (C=O) groups excluding carboxylic acids is 1. The average molecular weight is 443 g/mol. The van der Waals surface area contributed by atoms with Gasteiger partial charge in [-0.15, -0.1) is 0 Å². The summed E-state index contributed by atoms with van der Waals surface area (Å²) in [4.78, 5) is 27.8. The van der Waals surface area contributed by atoms with Gasteiger partial charge in [0.15, 0.2) is 0 Å². The average Bonchev–Trinajstić information content (AvgIpc) is 3.24. The van der Waals surface area contributed by atoms with E-state index in [9.17, 15) is 9.59 Å². The second-order valence-corrected chi connectivity index (χ2v) is 8.08. The Bertz CT molecular complexity index is 989. The van der Waals surface area contributed by atoms with Gasteiger partial charge in [-0.05, 0) is 37.5 Å². The van der Waals surface area contributed by atoms with E-state index in [1.54, 1.807) is 10.8 Å². The topological polar surface area (TPSA) is 83.1 Å². The summed E-state index contributed by atoms with van der Waals surface area (Å²) in [5.74, 6) is 0.601. The molecule has 32 heavy (non-hydrogen) atoms. The number of methoxy groups -OCH3 is 1. The van der Waals surface area contributed by atoms with Crippen LogP contribution in [0.3, 0.4) is 0 Å². The highest BCUT2D eigenvalue weighted by atomic mass is 16.5. The van der Waals surface area contributed by atoms with Gasteiger partial charge in [-0.25, -0.2) is 4.79 Å². The van der Waals surface area contributed by atoms with Crippen LogP contribution in [0.2, 0.25) is 0 Å². The molecule has 0 radical (unpaired) electrons. The molecule has 0 N–H and O–H groups in total. The van der Waals surface area contributed by atoms with Crippen molar-refractivity contribution in [3.63, 3.8) is 0 Å². The lowest BCUT2D eigenvalue weighted by Crippen LogP contribution is -2.30. The molecule has 0 aliphatic carbocycles. The summed E-state index contributed by atoms with van der Waals surface area (Å²) in [5, 5.41) is 0. The van der Waals surface area contributed by atoms with Crippen LogP contribution in [-0.2, 0) is 22.4 Å². The highest BCUT2D eigenvalue weighted by molar-refractivity contribution is 5.93. The predicted octanol–water partition coefficient (Wildman–Crippen LogP) is 2.75. The summed E-state index contributed by atoms with van der Waals surface area (Å²) in [7, 11) is 1.35. The number of furan rings is 1. The van der Waals surface area contributed by atoms with Crippen LogP contribution in [0, 0.1) is 0 Å². The molecule has 8 heteroatoms. The Morgan fingerprint density at radius 2 is 2.19 bits per heavy atom. The van der Waals surface area contributed by atoms with Crippen LogP contribution in [0.1, 0.15) is 41.1 Å². The number of aromatic nitrogens is 1. The smallest absolute Gasteiger partial charge is 0.343 e. The Hall–Kier alpha value is -2.84. The first-order valence-corrected chi connectivity index (χ1v) is 11.2. The van der Waals surface area contributed by atoms with Gasteiger partial charge in [-0.1, -0.05) is 6.08 Å². The van der Waals surface area contributed by atoms with Crippen molar-refractivity contribution in [1.82, 2.24) is 9.47 Å². The molecule has 0 spiro atoms. The Morgan fingerprint density at radius 1 is 1.28 bits per heavy atom. The Morgan fingerprint density at radius 3 is 2.94 bits per heavy atom. The molecule has 0 aromatic carbocycles. The minimum absolute atomic E-state index is 0.0211. The van der Waals surface area contributed by atoms with E-state index in [1.165, 1.54) is 13.2 Å². The second kappa shape index (κ2) is 10.7. The molecule has 2 aliphatic heterocycles. The number of carbonyl (C=O) groups is 1. The first-order valence-electron chi connectivity index (χ1n) is 11.2. The fraction of sp³-hybridized carbons (Fsp3) is 0.500. The van der Waals surface area contributed by atoms with Crippen molar-refractivity contribution in [2.75, 3.05) is 40.0 Å². The van der Waals surface area contributed by atoms with E-state index in [4.69, 9.17) is 18.6 Å². The van der Waals surface area contributed by atoms with Gasteiger partial charge >= 0.3 is 5.97 Å². The molecule has 1 unspecified atom stereocenters. The van der Waals surface area contributed by atoms with Crippen LogP contribution in [-0.4, -0.2) is 61.5 Å². The molecule has 2 aromatic heterocycles. The standard InChI is InChI=1S/C24H30N2O6/c1-29-24(28)23-20-9-11-25(10-4-7-18-8-5-15-30-18)12-13-26(20)22(27)16-21(23)32-17-19-6-2-3-14-31-19/h4-5,7-8,15-16,19H,2-3,6,9-14,17H2,1H3. The van der Waals surface area contributed by atoms with E-state index in [0.29, 0.717) is 43.9 Å². The van der Waals surface area contributed by atoms with E-state index in [0.717, 1.165) is 38.2 Å². The molecule has 0 saturated carbocycles. The summed E-state index contributed by atoms with van der Waals surface area (Å²) in [6.45, 7) is 3.66. The molecular weight excluding hydrogens is 412 g/mol. The number of hydrogen-bond donors (Lipinski definition) is 0. The molecule has 0 amide bonds. The van der Waals surface area contributed by atoms with Gasteiger partial charge < -0.3 is 23.2 Å². The lowest BCUT2D eigenvalue weighted by molar-refractivity contribution is -0.0114. The predicted molar refractivity (Wildman–Crippen MR) is 119 cm³/mol. The van der Waals surface area contributed by atoms with Crippen molar-refractivity contribution in [3.8, 4) is 5.75 Å². The normalized spacial score (nSPS) is 19.5. The first-order chi connectivity index (χ1) is 15.7. The molecule has 2 aliphatic rings. The third-order valence-electron chi connectivity index (χ3n) is 5.96. The number of pyridine rings is 1. The summed E-state index contributed by atoms with van der Waals surface area (Å²) < 4.78 is 23.7. The monoisotopic (exact) mass is 442 g/mol. The van der Waals surface area contributed by atoms with Gasteiger partial charge in [0, 0.05) is 51.0 Å². The summed E-state index contributed by atoms with van der Waals surface area (Å²) in [5.41, 5.74) is 0.845. The molecular formula is C24H30N2O6. The van der Waals surface area contributed by atoms with Crippen molar-refractivity contribution in [1.29, 1.82) is 0 Å². The quantitative estimate of drug-likeness (QED) is 0.610. The van der Waals surface area contributed by atoms with E-state index in [-0.39, 0.29) is 17.4 Å². The summed E-state index contributed by atoms with van der Waals surface area (Å²) in [6, 6.07) is 5.16. The minimum Gasteiger partial charge on any atom is -0.490 e. The molecule has 172 valence electrons. The number of hydrogen-bond acceptors (Lipinski definition) is 7. The van der Waals surface area contributed by atoms with E-state index >= 15 is 0 Å². The summed E-state index contributed by atoms with van der Waals surface area (Å²) in [6.07, 6.45) is 9.20.